The van der Waals surface area contributed by atoms with Gasteiger partial charge >= 0.3 is 0 Å². The zero-order valence-electron chi connectivity index (χ0n) is 15.0. The molecule has 0 unspecified atom stereocenters. The normalized spacial score (nSPS) is 15.4. The predicted octanol–water partition coefficient (Wildman–Crippen LogP) is 3.72. The molecular weight excluding hydrogens is 326 g/mol. The second-order valence-corrected chi connectivity index (χ2v) is 6.64. The summed E-state index contributed by atoms with van der Waals surface area (Å²) in [5, 5.41) is 0. The van der Waals surface area contributed by atoms with Crippen LogP contribution >= 0.6 is 0 Å². The summed E-state index contributed by atoms with van der Waals surface area (Å²) >= 11 is 0. The first-order chi connectivity index (χ1) is 12.9. The summed E-state index contributed by atoms with van der Waals surface area (Å²) in [6, 6.07) is 16.2. The highest BCUT2D eigenvalue weighted by atomic mass is 16.5. The molecular formula is C21H25N3O2. The Bertz CT molecular complexity index is 790. The molecule has 1 aliphatic heterocycles. The predicted molar refractivity (Wildman–Crippen MR) is 104 cm³/mol. The molecule has 0 atom stereocenters. The van der Waals surface area contributed by atoms with Crippen LogP contribution in [0.1, 0.15) is 12.8 Å². The van der Waals surface area contributed by atoms with Gasteiger partial charge in [0.25, 0.3) is 0 Å². The molecule has 0 radical (unpaired) electrons. The van der Waals surface area contributed by atoms with Gasteiger partial charge in [0.15, 0.2) is 0 Å². The number of H-pyrrole nitrogens is 1. The quantitative estimate of drug-likeness (QED) is 0.659. The standard InChI is InChI=1S/C21H25N3O2/c1-2-6-20-19(5-1)22-21(23-20)17-7-9-18(10-8-17)26-14-4-3-11-24-12-15-25-16-13-24/h1-2,5-10H,3-4,11-16H2,(H,22,23). The molecule has 4 rings (SSSR count). The lowest BCUT2D eigenvalue weighted by Gasteiger charge is -2.26. The van der Waals surface area contributed by atoms with E-state index in [1.807, 2.05) is 36.4 Å². The van der Waals surface area contributed by atoms with E-state index in [1.165, 1.54) is 0 Å². The van der Waals surface area contributed by atoms with Crippen molar-refractivity contribution in [2.24, 2.45) is 0 Å². The molecule has 2 aromatic carbocycles. The summed E-state index contributed by atoms with van der Waals surface area (Å²) in [7, 11) is 0. The van der Waals surface area contributed by atoms with Crippen LogP contribution in [0.15, 0.2) is 48.5 Å². The van der Waals surface area contributed by atoms with E-state index in [9.17, 15) is 0 Å². The molecule has 1 aliphatic rings. The van der Waals surface area contributed by atoms with E-state index in [0.717, 1.165) is 80.5 Å². The highest BCUT2D eigenvalue weighted by Crippen LogP contribution is 2.22. The summed E-state index contributed by atoms with van der Waals surface area (Å²) in [5.74, 6) is 1.81. The molecule has 0 spiro atoms. The van der Waals surface area contributed by atoms with Gasteiger partial charge in [0.1, 0.15) is 11.6 Å². The van der Waals surface area contributed by atoms with E-state index in [-0.39, 0.29) is 0 Å². The summed E-state index contributed by atoms with van der Waals surface area (Å²) < 4.78 is 11.2. The first-order valence-corrected chi connectivity index (χ1v) is 9.36. The van der Waals surface area contributed by atoms with Crippen LogP contribution < -0.4 is 4.74 Å². The van der Waals surface area contributed by atoms with Crippen molar-refractivity contribution in [2.45, 2.75) is 12.8 Å². The van der Waals surface area contributed by atoms with Gasteiger partial charge in [-0.15, -0.1) is 0 Å². The largest absolute Gasteiger partial charge is 0.494 e. The van der Waals surface area contributed by atoms with E-state index in [0.29, 0.717) is 0 Å². The van der Waals surface area contributed by atoms with Crippen molar-refractivity contribution in [3.05, 3.63) is 48.5 Å². The van der Waals surface area contributed by atoms with Crippen molar-refractivity contribution in [1.29, 1.82) is 0 Å². The van der Waals surface area contributed by atoms with Crippen molar-refractivity contribution in [1.82, 2.24) is 14.9 Å². The highest BCUT2D eigenvalue weighted by molar-refractivity contribution is 5.79. The monoisotopic (exact) mass is 351 g/mol. The van der Waals surface area contributed by atoms with E-state index >= 15 is 0 Å². The maximum Gasteiger partial charge on any atom is 0.138 e. The first-order valence-electron chi connectivity index (χ1n) is 9.36. The zero-order chi connectivity index (χ0) is 17.6. The van der Waals surface area contributed by atoms with E-state index in [1.54, 1.807) is 0 Å². The number of imidazole rings is 1. The Morgan fingerprint density at radius 3 is 2.62 bits per heavy atom. The molecule has 0 aliphatic carbocycles. The van der Waals surface area contributed by atoms with Crippen LogP contribution in [-0.2, 0) is 4.74 Å². The second-order valence-electron chi connectivity index (χ2n) is 6.64. The second kappa shape index (κ2) is 8.34. The Hall–Kier alpha value is -2.37. The number of hydrogen-bond donors (Lipinski definition) is 1. The Morgan fingerprint density at radius 2 is 1.81 bits per heavy atom. The molecule has 5 nitrogen and oxygen atoms in total. The molecule has 1 fully saturated rings. The molecule has 136 valence electrons. The Morgan fingerprint density at radius 1 is 1.00 bits per heavy atom. The fourth-order valence-electron chi connectivity index (χ4n) is 3.25. The van der Waals surface area contributed by atoms with Crippen LogP contribution in [0.25, 0.3) is 22.4 Å². The van der Waals surface area contributed by atoms with Crippen LogP contribution in [0.2, 0.25) is 0 Å². The molecule has 0 bridgehead atoms. The maximum absolute atomic E-state index is 5.87. The topological polar surface area (TPSA) is 50.4 Å². The Kier molecular flexibility index (Phi) is 5.47. The third kappa shape index (κ3) is 4.23. The van der Waals surface area contributed by atoms with Gasteiger partial charge in [-0.25, -0.2) is 4.98 Å². The van der Waals surface area contributed by atoms with Crippen molar-refractivity contribution in [2.75, 3.05) is 39.5 Å². The average Bonchev–Trinajstić information content (AvgIpc) is 3.13. The number of benzene rings is 2. The lowest BCUT2D eigenvalue weighted by molar-refractivity contribution is 0.0368. The first kappa shape index (κ1) is 17.1. The van der Waals surface area contributed by atoms with Crippen molar-refractivity contribution in [3.63, 3.8) is 0 Å². The third-order valence-corrected chi connectivity index (χ3v) is 4.76. The molecule has 2 heterocycles. The molecule has 5 heteroatoms. The lowest BCUT2D eigenvalue weighted by atomic mass is 10.2. The van der Waals surface area contributed by atoms with E-state index in [4.69, 9.17) is 9.47 Å². The van der Waals surface area contributed by atoms with E-state index in [2.05, 4.69) is 27.0 Å². The molecule has 26 heavy (non-hydrogen) atoms. The van der Waals surface area contributed by atoms with Gasteiger partial charge in [-0.05, 0) is 55.8 Å². The van der Waals surface area contributed by atoms with Gasteiger partial charge in [0, 0.05) is 18.7 Å². The summed E-state index contributed by atoms with van der Waals surface area (Å²) in [5.41, 5.74) is 3.12. The Balaban J connectivity index is 1.25. The number of rotatable bonds is 7. The van der Waals surface area contributed by atoms with Gasteiger partial charge in [-0.3, -0.25) is 4.90 Å². The van der Waals surface area contributed by atoms with Crippen LogP contribution in [0.5, 0.6) is 5.75 Å². The van der Waals surface area contributed by atoms with Gasteiger partial charge in [0.05, 0.1) is 30.9 Å². The van der Waals surface area contributed by atoms with Gasteiger partial charge < -0.3 is 14.5 Å². The number of morpholine rings is 1. The number of fused-ring (bicyclic) bond motifs is 1. The molecule has 3 aromatic rings. The van der Waals surface area contributed by atoms with Crippen LogP contribution in [0, 0.1) is 0 Å². The number of nitrogens with zero attached hydrogens (tertiary/aromatic N) is 2. The van der Waals surface area contributed by atoms with Crippen molar-refractivity contribution in [3.8, 4) is 17.1 Å². The molecule has 0 amide bonds. The van der Waals surface area contributed by atoms with Gasteiger partial charge in [-0.2, -0.15) is 0 Å². The average molecular weight is 351 g/mol. The molecule has 1 saturated heterocycles. The summed E-state index contributed by atoms with van der Waals surface area (Å²) in [6.45, 7) is 5.75. The van der Waals surface area contributed by atoms with Crippen molar-refractivity contribution >= 4 is 11.0 Å². The SMILES string of the molecule is c1ccc2[nH]c(-c3ccc(OCCCCN4CCOCC4)cc3)nc2c1. The highest BCUT2D eigenvalue weighted by Gasteiger charge is 2.09. The van der Waals surface area contributed by atoms with Crippen molar-refractivity contribution < 1.29 is 9.47 Å². The fraction of sp³-hybridized carbons (Fsp3) is 0.381. The third-order valence-electron chi connectivity index (χ3n) is 4.76. The number of aromatic nitrogens is 2. The van der Waals surface area contributed by atoms with Crippen LogP contribution in [0.4, 0.5) is 0 Å². The molecule has 1 N–H and O–H groups in total. The fourth-order valence-corrected chi connectivity index (χ4v) is 3.25. The van der Waals surface area contributed by atoms with Gasteiger partial charge in [0.2, 0.25) is 0 Å². The van der Waals surface area contributed by atoms with Gasteiger partial charge in [-0.1, -0.05) is 12.1 Å². The number of nitrogens with one attached hydrogen (secondary N) is 1. The van der Waals surface area contributed by atoms with Crippen LogP contribution in [0.3, 0.4) is 0 Å². The maximum atomic E-state index is 5.87. The minimum absolute atomic E-state index is 0.758. The minimum atomic E-state index is 0.758. The molecule has 1 aromatic heterocycles. The number of ether oxygens (including phenoxy) is 2. The zero-order valence-corrected chi connectivity index (χ0v) is 15.0. The summed E-state index contributed by atoms with van der Waals surface area (Å²) in [6.07, 6.45) is 2.24. The van der Waals surface area contributed by atoms with E-state index < -0.39 is 0 Å². The number of unbranched alkanes of at least 4 members (excludes halogenated alkanes) is 1. The number of hydrogen-bond acceptors (Lipinski definition) is 4. The van der Waals surface area contributed by atoms with Crippen LogP contribution in [-0.4, -0.2) is 54.3 Å². The minimum Gasteiger partial charge on any atom is -0.494 e. The smallest absolute Gasteiger partial charge is 0.138 e. The number of aromatic amines is 1. The summed E-state index contributed by atoms with van der Waals surface area (Å²) in [4.78, 5) is 10.5. The molecule has 0 saturated carbocycles. The number of para-hydroxylation sites is 2. The Labute approximate surface area is 153 Å². The lowest BCUT2D eigenvalue weighted by Crippen LogP contribution is -2.36.